The SMILES string of the molecule is CO/C=C(/C(=O)OC)c1ccccc1COc1cc(Cl)c(OCC2CCC2)c(Cl)c1. The molecular formula is C23H24Cl2O5. The highest BCUT2D eigenvalue weighted by Crippen LogP contribution is 2.38. The third-order valence-electron chi connectivity index (χ3n) is 5.00. The van der Waals surface area contributed by atoms with E-state index in [4.69, 9.17) is 42.1 Å². The molecule has 160 valence electrons. The average Bonchev–Trinajstić information content (AvgIpc) is 2.71. The summed E-state index contributed by atoms with van der Waals surface area (Å²) in [6.07, 6.45) is 4.97. The zero-order valence-electron chi connectivity index (χ0n) is 17.0. The maximum Gasteiger partial charge on any atom is 0.341 e. The Labute approximate surface area is 186 Å². The number of halogens is 2. The average molecular weight is 451 g/mol. The van der Waals surface area contributed by atoms with Crippen LogP contribution in [0.4, 0.5) is 0 Å². The lowest BCUT2D eigenvalue weighted by Crippen LogP contribution is -2.19. The Bertz CT molecular complexity index is 899. The van der Waals surface area contributed by atoms with Crippen LogP contribution in [-0.2, 0) is 20.9 Å². The van der Waals surface area contributed by atoms with Gasteiger partial charge in [0.15, 0.2) is 5.75 Å². The van der Waals surface area contributed by atoms with Gasteiger partial charge in [-0.05, 0) is 29.9 Å². The Morgan fingerprint density at radius 1 is 1.10 bits per heavy atom. The highest BCUT2D eigenvalue weighted by molar-refractivity contribution is 6.37. The second kappa shape index (κ2) is 10.6. The third-order valence-corrected chi connectivity index (χ3v) is 5.56. The second-order valence-corrected chi connectivity index (χ2v) is 7.84. The van der Waals surface area contributed by atoms with Crippen LogP contribution in [-0.4, -0.2) is 26.8 Å². The van der Waals surface area contributed by atoms with Gasteiger partial charge in [0.05, 0.1) is 37.1 Å². The molecule has 0 radical (unpaired) electrons. The van der Waals surface area contributed by atoms with Crippen LogP contribution in [0.3, 0.4) is 0 Å². The van der Waals surface area contributed by atoms with Crippen molar-refractivity contribution in [1.82, 2.24) is 0 Å². The molecule has 1 aliphatic carbocycles. The van der Waals surface area contributed by atoms with Gasteiger partial charge in [0.25, 0.3) is 0 Å². The number of carbonyl (C=O) groups is 1. The lowest BCUT2D eigenvalue weighted by molar-refractivity contribution is -0.133. The number of carbonyl (C=O) groups excluding carboxylic acids is 1. The van der Waals surface area contributed by atoms with Gasteiger partial charge in [-0.3, -0.25) is 0 Å². The molecule has 0 bridgehead atoms. The van der Waals surface area contributed by atoms with Crippen molar-refractivity contribution in [2.45, 2.75) is 25.9 Å². The molecule has 0 N–H and O–H groups in total. The molecule has 0 amide bonds. The summed E-state index contributed by atoms with van der Waals surface area (Å²) in [6, 6.07) is 10.7. The predicted molar refractivity (Wildman–Crippen MR) is 117 cm³/mol. The number of benzene rings is 2. The molecular weight excluding hydrogens is 427 g/mol. The normalized spacial score (nSPS) is 14.1. The maximum atomic E-state index is 12.1. The smallest absolute Gasteiger partial charge is 0.341 e. The van der Waals surface area contributed by atoms with Crippen LogP contribution < -0.4 is 9.47 Å². The molecule has 0 heterocycles. The first kappa shape index (κ1) is 22.3. The van der Waals surface area contributed by atoms with E-state index in [1.54, 1.807) is 18.2 Å². The van der Waals surface area contributed by atoms with Crippen molar-refractivity contribution in [2.75, 3.05) is 20.8 Å². The van der Waals surface area contributed by atoms with Gasteiger partial charge in [-0.15, -0.1) is 0 Å². The molecule has 7 heteroatoms. The van der Waals surface area contributed by atoms with Crippen LogP contribution >= 0.6 is 23.2 Å². The monoisotopic (exact) mass is 450 g/mol. The summed E-state index contributed by atoms with van der Waals surface area (Å²) in [5.74, 6) is 1.07. The first-order valence-electron chi connectivity index (χ1n) is 9.67. The molecule has 30 heavy (non-hydrogen) atoms. The van der Waals surface area contributed by atoms with E-state index in [1.807, 2.05) is 18.2 Å². The van der Waals surface area contributed by atoms with Crippen molar-refractivity contribution in [2.24, 2.45) is 5.92 Å². The van der Waals surface area contributed by atoms with Crippen LogP contribution in [0.25, 0.3) is 5.57 Å². The highest BCUT2D eigenvalue weighted by atomic mass is 35.5. The first-order chi connectivity index (χ1) is 14.5. The van der Waals surface area contributed by atoms with Gasteiger partial charge in [-0.2, -0.15) is 0 Å². The van der Waals surface area contributed by atoms with E-state index in [-0.39, 0.29) is 6.61 Å². The lowest BCUT2D eigenvalue weighted by atomic mass is 9.86. The van der Waals surface area contributed by atoms with Gasteiger partial charge in [-0.25, -0.2) is 4.79 Å². The van der Waals surface area contributed by atoms with Crippen LogP contribution in [0.15, 0.2) is 42.7 Å². The fraction of sp³-hybridized carbons (Fsp3) is 0.348. The summed E-state index contributed by atoms with van der Waals surface area (Å²) < 4.78 is 21.6. The topological polar surface area (TPSA) is 54.0 Å². The van der Waals surface area contributed by atoms with Crippen molar-refractivity contribution in [3.05, 3.63) is 63.8 Å². The van der Waals surface area contributed by atoms with E-state index in [0.29, 0.717) is 45.2 Å². The van der Waals surface area contributed by atoms with Crippen LogP contribution in [0.5, 0.6) is 11.5 Å². The Morgan fingerprint density at radius 3 is 2.40 bits per heavy atom. The van der Waals surface area contributed by atoms with E-state index in [2.05, 4.69) is 0 Å². The molecule has 0 spiro atoms. The number of rotatable bonds is 9. The van der Waals surface area contributed by atoms with Crippen LogP contribution in [0.2, 0.25) is 10.0 Å². The summed E-state index contributed by atoms with van der Waals surface area (Å²) >= 11 is 12.7. The van der Waals surface area contributed by atoms with E-state index in [1.165, 1.54) is 39.7 Å². The number of hydrogen-bond donors (Lipinski definition) is 0. The summed E-state index contributed by atoms with van der Waals surface area (Å²) in [5, 5.41) is 0.805. The molecule has 0 aliphatic heterocycles. The Morgan fingerprint density at radius 2 is 1.80 bits per heavy atom. The molecule has 1 saturated carbocycles. The van der Waals surface area contributed by atoms with Crippen molar-refractivity contribution < 1.29 is 23.7 Å². The molecule has 0 aromatic heterocycles. The molecule has 1 fully saturated rings. The summed E-state index contributed by atoms with van der Waals surface area (Å²) in [5.41, 5.74) is 1.74. The van der Waals surface area contributed by atoms with Crippen molar-refractivity contribution in [3.8, 4) is 11.5 Å². The fourth-order valence-corrected chi connectivity index (χ4v) is 3.71. The van der Waals surface area contributed by atoms with Crippen molar-refractivity contribution >= 4 is 34.7 Å². The molecule has 1 aliphatic rings. The number of methoxy groups -OCH3 is 2. The minimum Gasteiger partial charge on any atom is -0.503 e. The Hall–Kier alpha value is -2.37. The van der Waals surface area contributed by atoms with Gasteiger partial charge < -0.3 is 18.9 Å². The number of esters is 1. The molecule has 0 atom stereocenters. The minimum absolute atomic E-state index is 0.198. The zero-order chi connectivity index (χ0) is 21.5. The Balaban J connectivity index is 1.74. The maximum absolute atomic E-state index is 12.1. The molecule has 0 unspecified atom stereocenters. The second-order valence-electron chi connectivity index (χ2n) is 7.03. The molecule has 3 rings (SSSR count). The quantitative estimate of drug-likeness (QED) is 0.270. The van der Waals surface area contributed by atoms with Gasteiger partial charge in [0.2, 0.25) is 0 Å². The fourth-order valence-electron chi connectivity index (χ4n) is 3.14. The van der Waals surface area contributed by atoms with E-state index >= 15 is 0 Å². The summed E-state index contributed by atoms with van der Waals surface area (Å²) in [4.78, 5) is 12.1. The molecule has 5 nitrogen and oxygen atoms in total. The van der Waals surface area contributed by atoms with Crippen LogP contribution in [0, 0.1) is 5.92 Å². The molecule has 0 saturated heterocycles. The van der Waals surface area contributed by atoms with Gasteiger partial charge in [0, 0.05) is 12.1 Å². The number of hydrogen-bond acceptors (Lipinski definition) is 5. The first-order valence-corrected chi connectivity index (χ1v) is 10.4. The van der Waals surface area contributed by atoms with Crippen LogP contribution in [0.1, 0.15) is 30.4 Å². The van der Waals surface area contributed by atoms with Gasteiger partial charge in [0.1, 0.15) is 17.9 Å². The lowest BCUT2D eigenvalue weighted by Gasteiger charge is -2.25. The summed E-state index contributed by atoms with van der Waals surface area (Å²) in [6.45, 7) is 0.818. The standard InChI is InChI=1S/C23H24Cl2O5/c1-27-14-19(23(26)28-2)18-9-4-3-8-16(18)13-29-17-10-20(24)22(21(25)11-17)30-12-15-6-5-7-15/h3-4,8-11,14-15H,5-7,12-13H2,1-2H3/b19-14+. The number of ether oxygens (including phenoxy) is 4. The molecule has 2 aromatic carbocycles. The van der Waals surface area contributed by atoms with E-state index < -0.39 is 5.97 Å². The molecule has 2 aromatic rings. The van der Waals surface area contributed by atoms with Crippen molar-refractivity contribution in [1.29, 1.82) is 0 Å². The zero-order valence-corrected chi connectivity index (χ0v) is 18.5. The van der Waals surface area contributed by atoms with Gasteiger partial charge >= 0.3 is 5.97 Å². The van der Waals surface area contributed by atoms with Gasteiger partial charge in [-0.1, -0.05) is 53.9 Å². The third kappa shape index (κ3) is 5.41. The Kier molecular flexibility index (Phi) is 7.88. The predicted octanol–water partition coefficient (Wildman–Crippen LogP) is 5.91. The van der Waals surface area contributed by atoms with Crippen molar-refractivity contribution in [3.63, 3.8) is 0 Å². The van der Waals surface area contributed by atoms with E-state index in [9.17, 15) is 4.79 Å². The van der Waals surface area contributed by atoms with E-state index in [0.717, 1.165) is 5.56 Å². The minimum atomic E-state index is -0.497. The highest BCUT2D eigenvalue weighted by Gasteiger charge is 2.20. The summed E-state index contributed by atoms with van der Waals surface area (Å²) in [7, 11) is 2.80. The largest absolute Gasteiger partial charge is 0.503 e.